The highest BCUT2D eigenvalue weighted by Crippen LogP contribution is 2.56. The van der Waals surface area contributed by atoms with Crippen LogP contribution in [0.2, 0.25) is 0 Å². The monoisotopic (exact) mass is 350 g/mol. The molecule has 2 aliphatic carbocycles. The Morgan fingerprint density at radius 3 is 2.56 bits per heavy atom. The normalized spacial score (nSPS) is 37.2. The first-order valence-electron chi connectivity index (χ1n) is 9.02. The first kappa shape index (κ1) is 16.9. The largest absolute Gasteiger partial charge is 0.379 e. The Balaban J connectivity index is 1.50. The standard InChI is InChI=1S/C19H24F2N2O2/c20-19(21)8-12-6-13(19)7-14(12)18(24)23-17(11-4-2-1-3-5-11)15-9-25-10-16(15)22/h1-5,12-17H,6-10,22H2,(H,23,24)/t12-,13-,14-,15-,16-,17?/m1/s1. The highest BCUT2D eigenvalue weighted by atomic mass is 19.3. The molecule has 4 nitrogen and oxygen atoms in total. The van der Waals surface area contributed by atoms with Crippen molar-refractivity contribution in [3.8, 4) is 0 Å². The molecule has 2 bridgehead atoms. The second-order valence-electron chi connectivity index (χ2n) is 7.76. The molecule has 1 saturated heterocycles. The summed E-state index contributed by atoms with van der Waals surface area (Å²) in [5.41, 5.74) is 7.15. The Morgan fingerprint density at radius 2 is 2.00 bits per heavy atom. The summed E-state index contributed by atoms with van der Waals surface area (Å²) in [5, 5.41) is 3.12. The number of hydrogen-bond acceptors (Lipinski definition) is 3. The van der Waals surface area contributed by atoms with Gasteiger partial charge in [-0.15, -0.1) is 0 Å². The van der Waals surface area contributed by atoms with E-state index in [2.05, 4.69) is 5.32 Å². The lowest BCUT2D eigenvalue weighted by molar-refractivity contribution is -0.131. The van der Waals surface area contributed by atoms with Crippen LogP contribution in [0.4, 0.5) is 8.78 Å². The molecule has 1 amide bonds. The molecule has 0 spiro atoms. The molecule has 1 heterocycles. The second kappa shape index (κ2) is 6.32. The highest BCUT2D eigenvalue weighted by Gasteiger charge is 2.58. The van der Waals surface area contributed by atoms with Gasteiger partial charge in [0.1, 0.15) is 0 Å². The number of carbonyl (C=O) groups is 1. The van der Waals surface area contributed by atoms with Gasteiger partial charge in [-0.2, -0.15) is 0 Å². The number of amides is 1. The first-order chi connectivity index (χ1) is 12.0. The zero-order valence-electron chi connectivity index (χ0n) is 14.0. The first-order valence-corrected chi connectivity index (χ1v) is 9.02. The van der Waals surface area contributed by atoms with Crippen LogP contribution in [0.15, 0.2) is 30.3 Å². The van der Waals surface area contributed by atoms with Gasteiger partial charge in [-0.1, -0.05) is 30.3 Å². The molecular formula is C19H24F2N2O2. The molecule has 6 heteroatoms. The zero-order chi connectivity index (χ0) is 17.6. The summed E-state index contributed by atoms with van der Waals surface area (Å²) in [6, 6.07) is 9.31. The maximum absolute atomic E-state index is 13.7. The van der Waals surface area contributed by atoms with Crippen LogP contribution in [0.1, 0.15) is 30.9 Å². The molecule has 0 radical (unpaired) electrons. The van der Waals surface area contributed by atoms with Crippen LogP contribution in [-0.2, 0) is 9.53 Å². The van der Waals surface area contributed by atoms with Crippen molar-refractivity contribution in [2.24, 2.45) is 29.4 Å². The van der Waals surface area contributed by atoms with Crippen LogP contribution in [0, 0.1) is 23.7 Å². The smallest absolute Gasteiger partial charge is 0.251 e. The molecule has 3 aliphatic rings. The van der Waals surface area contributed by atoms with Gasteiger partial charge < -0.3 is 15.8 Å². The Bertz CT molecular complexity index is 640. The number of nitrogens with one attached hydrogen (secondary N) is 1. The third-order valence-corrected chi connectivity index (χ3v) is 6.22. The van der Waals surface area contributed by atoms with Crippen LogP contribution in [0.3, 0.4) is 0 Å². The van der Waals surface area contributed by atoms with Crippen molar-refractivity contribution >= 4 is 5.91 Å². The predicted molar refractivity (Wildman–Crippen MR) is 88.9 cm³/mol. The molecule has 2 saturated carbocycles. The van der Waals surface area contributed by atoms with E-state index in [4.69, 9.17) is 10.5 Å². The summed E-state index contributed by atoms with van der Waals surface area (Å²) in [7, 11) is 0. The zero-order valence-corrected chi connectivity index (χ0v) is 14.0. The Hall–Kier alpha value is -1.53. The molecule has 0 aromatic heterocycles. The maximum atomic E-state index is 13.7. The minimum Gasteiger partial charge on any atom is -0.379 e. The Kier molecular flexibility index (Phi) is 4.28. The quantitative estimate of drug-likeness (QED) is 0.877. The third kappa shape index (κ3) is 3.06. The lowest BCUT2D eigenvalue weighted by Gasteiger charge is -2.31. The molecule has 25 heavy (non-hydrogen) atoms. The van der Waals surface area contributed by atoms with Crippen molar-refractivity contribution in [2.75, 3.05) is 13.2 Å². The van der Waals surface area contributed by atoms with Crippen LogP contribution in [-0.4, -0.2) is 31.1 Å². The summed E-state index contributed by atoms with van der Waals surface area (Å²) in [6.07, 6.45) is 0.600. The van der Waals surface area contributed by atoms with Gasteiger partial charge in [-0.25, -0.2) is 8.78 Å². The van der Waals surface area contributed by atoms with E-state index in [9.17, 15) is 13.6 Å². The van der Waals surface area contributed by atoms with Crippen LogP contribution in [0.5, 0.6) is 0 Å². The van der Waals surface area contributed by atoms with Gasteiger partial charge in [0.2, 0.25) is 5.91 Å². The van der Waals surface area contributed by atoms with E-state index in [-0.39, 0.29) is 48.6 Å². The Labute approximate surface area is 146 Å². The van der Waals surface area contributed by atoms with Gasteiger partial charge in [0.25, 0.3) is 5.92 Å². The summed E-state index contributed by atoms with van der Waals surface area (Å²) in [5.74, 6) is -3.87. The van der Waals surface area contributed by atoms with E-state index >= 15 is 0 Å². The molecular weight excluding hydrogens is 326 g/mol. The minimum atomic E-state index is -2.60. The SMILES string of the molecule is N[C@@H]1COC[C@H]1C(NC(=O)[C@@H]1C[C@H]2C[C@@H]1CC2(F)F)c1ccccc1. The fourth-order valence-electron chi connectivity index (χ4n) is 4.82. The number of alkyl halides is 2. The molecule has 1 unspecified atom stereocenters. The summed E-state index contributed by atoms with van der Waals surface area (Å²) >= 11 is 0. The van der Waals surface area contributed by atoms with Gasteiger partial charge in [-0.3, -0.25) is 4.79 Å². The number of nitrogens with two attached hydrogens (primary N) is 1. The van der Waals surface area contributed by atoms with Gasteiger partial charge in [-0.05, 0) is 24.3 Å². The number of fused-ring (bicyclic) bond motifs is 2. The molecule has 3 N–H and O–H groups in total. The van der Waals surface area contributed by atoms with E-state index in [1.54, 1.807) is 0 Å². The van der Waals surface area contributed by atoms with E-state index in [1.807, 2.05) is 30.3 Å². The second-order valence-corrected chi connectivity index (χ2v) is 7.76. The molecule has 1 aromatic carbocycles. The van der Waals surface area contributed by atoms with Gasteiger partial charge in [0.05, 0.1) is 19.3 Å². The maximum Gasteiger partial charge on any atom is 0.251 e. The average molecular weight is 350 g/mol. The van der Waals surface area contributed by atoms with Gasteiger partial charge in [0.15, 0.2) is 0 Å². The molecule has 1 aliphatic heterocycles. The number of halogens is 2. The van der Waals surface area contributed by atoms with Gasteiger partial charge in [0, 0.05) is 30.2 Å². The van der Waals surface area contributed by atoms with E-state index in [1.165, 1.54) is 0 Å². The number of carbonyl (C=O) groups excluding carboxylic acids is 1. The molecule has 3 fully saturated rings. The summed E-state index contributed by atoms with van der Waals surface area (Å²) in [4.78, 5) is 12.9. The van der Waals surface area contributed by atoms with Gasteiger partial charge >= 0.3 is 0 Å². The number of hydrogen-bond donors (Lipinski definition) is 2. The van der Waals surface area contributed by atoms with E-state index in [0.29, 0.717) is 19.6 Å². The number of rotatable bonds is 4. The number of benzene rings is 1. The van der Waals surface area contributed by atoms with Crippen molar-refractivity contribution in [1.29, 1.82) is 0 Å². The lowest BCUT2D eigenvalue weighted by Crippen LogP contribution is -2.45. The van der Waals surface area contributed by atoms with Crippen LogP contribution < -0.4 is 11.1 Å². The summed E-state index contributed by atoms with van der Waals surface area (Å²) in [6.45, 7) is 0.972. The van der Waals surface area contributed by atoms with Crippen molar-refractivity contribution in [3.63, 3.8) is 0 Å². The van der Waals surface area contributed by atoms with Crippen molar-refractivity contribution in [2.45, 2.75) is 37.3 Å². The highest BCUT2D eigenvalue weighted by molar-refractivity contribution is 5.80. The molecule has 4 rings (SSSR count). The Morgan fingerprint density at radius 1 is 1.24 bits per heavy atom. The van der Waals surface area contributed by atoms with Crippen molar-refractivity contribution in [1.82, 2.24) is 5.32 Å². The fourth-order valence-corrected chi connectivity index (χ4v) is 4.82. The average Bonchev–Trinajstić information content (AvgIpc) is 3.26. The van der Waals surface area contributed by atoms with Crippen LogP contribution in [0.25, 0.3) is 0 Å². The topological polar surface area (TPSA) is 64.3 Å². The lowest BCUT2D eigenvalue weighted by atomic mass is 9.84. The van der Waals surface area contributed by atoms with Crippen LogP contribution >= 0.6 is 0 Å². The van der Waals surface area contributed by atoms with E-state index < -0.39 is 11.8 Å². The van der Waals surface area contributed by atoms with Crippen molar-refractivity contribution < 1.29 is 18.3 Å². The minimum absolute atomic E-state index is 0.00798. The molecule has 6 atom stereocenters. The summed E-state index contributed by atoms with van der Waals surface area (Å²) < 4.78 is 33.0. The van der Waals surface area contributed by atoms with Crippen molar-refractivity contribution in [3.05, 3.63) is 35.9 Å². The third-order valence-electron chi connectivity index (χ3n) is 6.22. The fraction of sp³-hybridized carbons (Fsp3) is 0.632. The molecule has 1 aromatic rings. The molecule has 136 valence electrons. The number of ether oxygens (including phenoxy) is 1. The predicted octanol–water partition coefficient (Wildman–Crippen LogP) is 2.50. The van der Waals surface area contributed by atoms with E-state index in [0.717, 1.165) is 5.56 Å².